The molecule has 31 heavy (non-hydrogen) atoms. The summed E-state index contributed by atoms with van der Waals surface area (Å²) in [6, 6.07) is 21.4. The van der Waals surface area contributed by atoms with Gasteiger partial charge in [0.1, 0.15) is 0 Å². The fraction of sp³-hybridized carbons (Fsp3) is 0.160. The molecule has 1 amide bonds. The Morgan fingerprint density at radius 3 is 2.52 bits per heavy atom. The molecular formula is C25H22ClN3OS. The summed E-state index contributed by atoms with van der Waals surface area (Å²) in [5.74, 6) is 0.218. The highest BCUT2D eigenvalue weighted by Gasteiger charge is 2.17. The highest BCUT2D eigenvalue weighted by atomic mass is 35.5. The molecule has 0 saturated carbocycles. The van der Waals surface area contributed by atoms with Crippen molar-refractivity contribution in [3.63, 3.8) is 0 Å². The molecule has 0 radical (unpaired) electrons. The van der Waals surface area contributed by atoms with Crippen LogP contribution in [0, 0.1) is 13.8 Å². The van der Waals surface area contributed by atoms with Gasteiger partial charge in [0.05, 0.1) is 27.9 Å². The number of carbonyl (C=O) groups excluding carboxylic acids is 1. The molecule has 1 heterocycles. The fourth-order valence-electron chi connectivity index (χ4n) is 3.36. The molecule has 1 aliphatic heterocycles. The number of para-hydroxylation sites is 2. The van der Waals surface area contributed by atoms with Crippen LogP contribution in [0.3, 0.4) is 0 Å². The molecule has 0 atom stereocenters. The highest BCUT2D eigenvalue weighted by Crippen LogP contribution is 2.33. The van der Waals surface area contributed by atoms with Gasteiger partial charge in [-0.25, -0.2) is 4.99 Å². The third-order valence-electron chi connectivity index (χ3n) is 4.88. The fourth-order valence-corrected chi connectivity index (χ4v) is 4.32. The third-order valence-corrected chi connectivity index (χ3v) is 6.10. The minimum atomic E-state index is -0.0570. The number of hydrogen-bond acceptors (Lipinski definition) is 4. The lowest BCUT2D eigenvalue weighted by atomic mass is 10.1. The minimum absolute atomic E-state index is 0.0570. The van der Waals surface area contributed by atoms with Gasteiger partial charge in [-0.05, 0) is 55.3 Å². The van der Waals surface area contributed by atoms with Crippen molar-refractivity contribution < 1.29 is 4.79 Å². The summed E-state index contributed by atoms with van der Waals surface area (Å²) in [6.07, 6.45) is 0.538. The van der Waals surface area contributed by atoms with Gasteiger partial charge in [-0.3, -0.25) is 9.79 Å². The summed E-state index contributed by atoms with van der Waals surface area (Å²) in [5, 5.41) is 4.51. The lowest BCUT2D eigenvalue weighted by molar-refractivity contribution is -0.113. The van der Waals surface area contributed by atoms with Gasteiger partial charge in [-0.1, -0.05) is 53.6 Å². The van der Waals surface area contributed by atoms with Crippen LogP contribution in [0.5, 0.6) is 0 Å². The number of rotatable bonds is 4. The molecule has 4 nitrogen and oxygen atoms in total. The number of benzene rings is 3. The van der Waals surface area contributed by atoms with Crippen molar-refractivity contribution in [1.82, 2.24) is 0 Å². The van der Waals surface area contributed by atoms with Gasteiger partial charge in [-0.15, -0.1) is 11.8 Å². The maximum absolute atomic E-state index is 12.6. The summed E-state index contributed by atoms with van der Waals surface area (Å²) in [5.41, 5.74) is 6.51. The van der Waals surface area contributed by atoms with Crippen molar-refractivity contribution in [3.05, 3.63) is 88.4 Å². The van der Waals surface area contributed by atoms with E-state index in [2.05, 4.69) is 11.4 Å². The number of hydrogen-bond donors (Lipinski definition) is 1. The number of aryl methyl sites for hydroxylation is 2. The molecule has 3 aromatic rings. The monoisotopic (exact) mass is 447 g/mol. The largest absolute Gasteiger partial charge is 0.325 e. The first-order chi connectivity index (χ1) is 15.0. The second kappa shape index (κ2) is 9.50. The van der Waals surface area contributed by atoms with E-state index in [1.54, 1.807) is 0 Å². The van der Waals surface area contributed by atoms with Crippen LogP contribution < -0.4 is 5.32 Å². The van der Waals surface area contributed by atoms with E-state index in [-0.39, 0.29) is 11.7 Å². The van der Waals surface area contributed by atoms with E-state index >= 15 is 0 Å². The smallest absolute Gasteiger partial charge is 0.234 e. The number of carbonyl (C=O) groups is 1. The van der Waals surface area contributed by atoms with Crippen LogP contribution in [-0.2, 0) is 4.79 Å². The summed E-state index contributed by atoms with van der Waals surface area (Å²) >= 11 is 7.64. The lowest BCUT2D eigenvalue weighted by Crippen LogP contribution is -2.17. The van der Waals surface area contributed by atoms with E-state index in [0.717, 1.165) is 38.9 Å². The Morgan fingerprint density at radius 2 is 1.77 bits per heavy atom. The first-order valence-electron chi connectivity index (χ1n) is 9.98. The molecule has 156 valence electrons. The highest BCUT2D eigenvalue weighted by molar-refractivity contribution is 8.14. The molecule has 1 N–H and O–H groups in total. The Labute approximate surface area is 191 Å². The zero-order valence-corrected chi connectivity index (χ0v) is 18.9. The quantitative estimate of drug-likeness (QED) is 0.473. The maximum Gasteiger partial charge on any atom is 0.234 e. The van der Waals surface area contributed by atoms with Crippen molar-refractivity contribution in [1.29, 1.82) is 0 Å². The maximum atomic E-state index is 12.6. The molecule has 4 rings (SSSR count). The van der Waals surface area contributed by atoms with E-state index in [1.807, 2.05) is 74.5 Å². The van der Waals surface area contributed by atoms with Crippen molar-refractivity contribution in [3.8, 4) is 0 Å². The van der Waals surface area contributed by atoms with Crippen LogP contribution in [-0.4, -0.2) is 22.4 Å². The minimum Gasteiger partial charge on any atom is -0.325 e. The average molecular weight is 448 g/mol. The van der Waals surface area contributed by atoms with Gasteiger partial charge in [0.25, 0.3) is 0 Å². The SMILES string of the molecule is Cc1ccc(NC(=O)CSC2=Nc3ccccc3N=C(c3cccc(Cl)c3)C2)c(C)c1. The Morgan fingerprint density at radius 1 is 1.00 bits per heavy atom. The summed E-state index contributed by atoms with van der Waals surface area (Å²) in [7, 11) is 0. The standard InChI is InChI=1S/C25H22ClN3OS/c1-16-10-11-20(17(2)12-16)28-24(30)15-31-25-14-23(18-6-5-7-19(26)13-18)27-21-8-3-4-9-22(21)29-25/h3-13H,14-15H2,1-2H3,(H,28,30). The first kappa shape index (κ1) is 21.3. The van der Waals surface area contributed by atoms with Crippen LogP contribution in [0.2, 0.25) is 5.02 Å². The Hall–Kier alpha value is -2.89. The molecule has 0 aromatic heterocycles. The molecular weight excluding hydrogens is 426 g/mol. The number of nitrogens with zero attached hydrogens (tertiary/aromatic N) is 2. The summed E-state index contributed by atoms with van der Waals surface area (Å²) < 4.78 is 0. The molecule has 1 aliphatic rings. The zero-order chi connectivity index (χ0) is 21.8. The van der Waals surface area contributed by atoms with Crippen molar-refractivity contribution in [2.45, 2.75) is 20.3 Å². The van der Waals surface area contributed by atoms with Gasteiger partial charge in [0.15, 0.2) is 0 Å². The number of fused-ring (bicyclic) bond motifs is 1. The molecule has 6 heteroatoms. The molecule has 0 fully saturated rings. The molecule has 0 spiro atoms. The van der Waals surface area contributed by atoms with Crippen LogP contribution in [0.15, 0.2) is 76.7 Å². The van der Waals surface area contributed by atoms with Gasteiger partial charge in [-0.2, -0.15) is 0 Å². The average Bonchev–Trinajstić information content (AvgIpc) is 2.93. The Balaban J connectivity index is 1.53. The van der Waals surface area contributed by atoms with Crippen molar-refractivity contribution >= 4 is 57.1 Å². The van der Waals surface area contributed by atoms with E-state index in [9.17, 15) is 4.79 Å². The predicted molar refractivity (Wildman–Crippen MR) is 133 cm³/mol. The summed E-state index contributed by atoms with van der Waals surface area (Å²) in [4.78, 5) is 22.2. The summed E-state index contributed by atoms with van der Waals surface area (Å²) in [6.45, 7) is 4.03. The Kier molecular flexibility index (Phi) is 6.54. The number of aliphatic imine (C=N–C) groups is 2. The van der Waals surface area contributed by atoms with Crippen molar-refractivity contribution in [2.24, 2.45) is 9.98 Å². The van der Waals surface area contributed by atoms with E-state index in [1.165, 1.54) is 17.3 Å². The number of anilines is 1. The van der Waals surface area contributed by atoms with Crippen molar-refractivity contribution in [2.75, 3.05) is 11.1 Å². The van der Waals surface area contributed by atoms with Gasteiger partial charge >= 0.3 is 0 Å². The molecule has 0 unspecified atom stereocenters. The first-order valence-corrected chi connectivity index (χ1v) is 11.3. The van der Waals surface area contributed by atoms with Gasteiger partial charge in [0.2, 0.25) is 5.91 Å². The van der Waals surface area contributed by atoms with E-state index in [0.29, 0.717) is 11.4 Å². The Bertz CT molecular complexity index is 1200. The topological polar surface area (TPSA) is 53.8 Å². The predicted octanol–water partition coefficient (Wildman–Crippen LogP) is 6.88. The second-order valence-corrected chi connectivity index (χ2v) is 8.88. The number of nitrogens with one attached hydrogen (secondary N) is 1. The van der Waals surface area contributed by atoms with Crippen LogP contribution in [0.4, 0.5) is 17.1 Å². The number of thioether (sulfide) groups is 1. The van der Waals surface area contributed by atoms with Crippen LogP contribution >= 0.6 is 23.4 Å². The van der Waals surface area contributed by atoms with Crippen LogP contribution in [0.1, 0.15) is 23.1 Å². The van der Waals surface area contributed by atoms with E-state index in [4.69, 9.17) is 21.6 Å². The lowest BCUT2D eigenvalue weighted by Gasteiger charge is -2.10. The molecule has 0 bridgehead atoms. The van der Waals surface area contributed by atoms with E-state index < -0.39 is 0 Å². The van der Waals surface area contributed by atoms with Crippen LogP contribution in [0.25, 0.3) is 0 Å². The molecule has 0 saturated heterocycles. The normalized spacial score (nSPS) is 13.0. The third kappa shape index (κ3) is 5.43. The zero-order valence-electron chi connectivity index (χ0n) is 17.4. The van der Waals surface area contributed by atoms with Gasteiger partial charge < -0.3 is 5.32 Å². The van der Waals surface area contributed by atoms with Gasteiger partial charge in [0, 0.05) is 17.1 Å². The second-order valence-electron chi connectivity index (χ2n) is 7.40. The molecule has 0 aliphatic carbocycles. The number of halogens is 1. The number of amides is 1. The molecule has 3 aromatic carbocycles.